The number of carbonyl (C=O) groups excluding carboxylic acids is 1. The summed E-state index contributed by atoms with van der Waals surface area (Å²) in [7, 11) is 3.10. The lowest BCUT2D eigenvalue weighted by Crippen LogP contribution is -2.42. The third-order valence-electron chi connectivity index (χ3n) is 7.14. The number of benzene rings is 1. The maximum atomic E-state index is 13.2. The standard InChI is InChI=1S/C26H37F3N4O3S/c1-6-16(2)15-33(19-8-10-20(35-4)11-9-19)22-12-7-18(17(3)13-23(34)36-5)14-21(22)30-25-31-24(32-37-25)26(27,28)29/h7,12,14,16-17,19-20H,6,8-11,13,15H2,1-5H3,(H,30,31,32)/t16?,17-,19?,20?/m1/s1. The van der Waals surface area contributed by atoms with E-state index in [9.17, 15) is 18.0 Å². The molecule has 1 fully saturated rings. The van der Waals surface area contributed by atoms with Gasteiger partial charge in [0.2, 0.25) is 11.0 Å². The van der Waals surface area contributed by atoms with E-state index in [4.69, 9.17) is 9.47 Å². The van der Waals surface area contributed by atoms with Crippen molar-refractivity contribution in [1.29, 1.82) is 0 Å². The Balaban J connectivity index is 2.00. The second-order valence-electron chi connectivity index (χ2n) is 9.84. The van der Waals surface area contributed by atoms with Crippen LogP contribution in [0, 0.1) is 5.92 Å². The number of alkyl halides is 3. The molecule has 0 radical (unpaired) electrons. The van der Waals surface area contributed by atoms with Gasteiger partial charge >= 0.3 is 12.1 Å². The third-order valence-corrected chi connectivity index (χ3v) is 7.77. The zero-order valence-corrected chi connectivity index (χ0v) is 22.9. The summed E-state index contributed by atoms with van der Waals surface area (Å²) in [6, 6.07) is 6.17. The molecule has 11 heteroatoms. The van der Waals surface area contributed by atoms with Crippen LogP contribution in [-0.4, -0.2) is 48.2 Å². The third kappa shape index (κ3) is 7.80. The van der Waals surface area contributed by atoms with E-state index in [1.807, 2.05) is 25.1 Å². The summed E-state index contributed by atoms with van der Waals surface area (Å²) in [4.78, 5) is 17.9. The molecule has 1 aliphatic carbocycles. The van der Waals surface area contributed by atoms with Crippen LogP contribution in [0.5, 0.6) is 0 Å². The van der Waals surface area contributed by atoms with E-state index >= 15 is 0 Å². The predicted octanol–water partition coefficient (Wildman–Crippen LogP) is 6.78. The predicted molar refractivity (Wildman–Crippen MR) is 140 cm³/mol. The van der Waals surface area contributed by atoms with Gasteiger partial charge in [-0.2, -0.15) is 22.5 Å². The average Bonchev–Trinajstić information content (AvgIpc) is 3.36. The Morgan fingerprint density at radius 3 is 2.49 bits per heavy atom. The fraction of sp³-hybridized carbons (Fsp3) is 0.654. The minimum absolute atomic E-state index is 0.0675. The van der Waals surface area contributed by atoms with Crippen LogP contribution in [0.15, 0.2) is 18.2 Å². The van der Waals surface area contributed by atoms with Crippen molar-refractivity contribution in [2.75, 3.05) is 31.0 Å². The Labute approximate surface area is 220 Å². The fourth-order valence-corrected chi connectivity index (χ4v) is 5.27. The number of esters is 1. The SMILES string of the molecule is CCC(C)CN(c1ccc([C@H](C)CC(=O)OC)cc1Nc1nc(C(F)(F)F)ns1)C1CCC(OC)CC1. The topological polar surface area (TPSA) is 76.6 Å². The Hall–Kier alpha value is -2.40. The molecule has 3 rings (SSSR count). The van der Waals surface area contributed by atoms with Crippen LogP contribution in [0.4, 0.5) is 29.7 Å². The zero-order valence-electron chi connectivity index (χ0n) is 22.1. The monoisotopic (exact) mass is 542 g/mol. The van der Waals surface area contributed by atoms with E-state index in [2.05, 4.69) is 33.4 Å². The molecule has 1 heterocycles. The van der Waals surface area contributed by atoms with Crippen LogP contribution < -0.4 is 10.2 Å². The van der Waals surface area contributed by atoms with Crippen LogP contribution in [0.25, 0.3) is 0 Å². The highest BCUT2D eigenvalue weighted by Crippen LogP contribution is 2.39. The second-order valence-corrected chi connectivity index (χ2v) is 10.6. The zero-order chi connectivity index (χ0) is 27.2. The number of hydrogen-bond acceptors (Lipinski definition) is 8. The van der Waals surface area contributed by atoms with Crippen LogP contribution >= 0.6 is 11.5 Å². The molecule has 0 spiro atoms. The van der Waals surface area contributed by atoms with Crippen LogP contribution in [-0.2, 0) is 20.4 Å². The number of methoxy groups -OCH3 is 2. The van der Waals surface area contributed by atoms with E-state index in [0.717, 1.165) is 49.9 Å². The quantitative estimate of drug-likeness (QED) is 0.314. The smallest absolute Gasteiger partial charge is 0.452 e. The lowest BCUT2D eigenvalue weighted by atomic mass is 9.90. The van der Waals surface area contributed by atoms with Gasteiger partial charge in [-0.25, -0.2) is 0 Å². The molecule has 0 bridgehead atoms. The molecule has 1 aromatic heterocycles. The molecule has 0 aliphatic heterocycles. The van der Waals surface area contributed by atoms with Crippen molar-refractivity contribution in [3.63, 3.8) is 0 Å². The summed E-state index contributed by atoms with van der Waals surface area (Å²) < 4.78 is 53.3. The second kappa shape index (κ2) is 12.9. The Kier molecular flexibility index (Phi) is 10.2. The first-order chi connectivity index (χ1) is 17.5. The number of carbonyl (C=O) groups is 1. The van der Waals surface area contributed by atoms with Crippen molar-refractivity contribution in [3.8, 4) is 0 Å². The minimum Gasteiger partial charge on any atom is -0.469 e. The van der Waals surface area contributed by atoms with Gasteiger partial charge in [-0.15, -0.1) is 0 Å². The summed E-state index contributed by atoms with van der Waals surface area (Å²) in [5.74, 6) is -1.20. The maximum absolute atomic E-state index is 13.2. The van der Waals surface area contributed by atoms with Gasteiger partial charge < -0.3 is 19.7 Å². The van der Waals surface area contributed by atoms with Gasteiger partial charge in [0.05, 0.1) is 31.0 Å². The van der Waals surface area contributed by atoms with E-state index in [1.54, 1.807) is 7.11 Å². The molecule has 7 nitrogen and oxygen atoms in total. The highest BCUT2D eigenvalue weighted by molar-refractivity contribution is 7.09. The largest absolute Gasteiger partial charge is 0.469 e. The molecule has 0 saturated heterocycles. The number of aromatic nitrogens is 2. The van der Waals surface area contributed by atoms with Crippen molar-refractivity contribution >= 4 is 34.0 Å². The molecule has 2 aromatic rings. The maximum Gasteiger partial charge on any atom is 0.452 e. The summed E-state index contributed by atoms with van der Waals surface area (Å²) in [6.07, 6.45) is 0.691. The van der Waals surface area contributed by atoms with Gasteiger partial charge in [0.25, 0.3) is 0 Å². The van der Waals surface area contributed by atoms with Crippen molar-refractivity contribution in [2.45, 2.75) is 83.5 Å². The molecule has 0 amide bonds. The van der Waals surface area contributed by atoms with Gasteiger partial charge in [0, 0.05) is 31.2 Å². The van der Waals surface area contributed by atoms with E-state index in [1.165, 1.54) is 7.11 Å². The first kappa shape index (κ1) is 29.2. The number of anilines is 3. The molecule has 1 saturated carbocycles. The van der Waals surface area contributed by atoms with Gasteiger partial charge in [0.1, 0.15) is 0 Å². The highest BCUT2D eigenvalue weighted by Gasteiger charge is 2.36. The highest BCUT2D eigenvalue weighted by atomic mass is 32.1. The van der Waals surface area contributed by atoms with Crippen molar-refractivity contribution in [3.05, 3.63) is 29.6 Å². The summed E-state index contributed by atoms with van der Waals surface area (Å²) in [5, 5.41) is 3.19. The molecule has 1 unspecified atom stereocenters. The number of nitrogens with one attached hydrogen (secondary N) is 1. The first-order valence-electron chi connectivity index (χ1n) is 12.7. The van der Waals surface area contributed by atoms with Crippen LogP contribution in [0.2, 0.25) is 0 Å². The molecular weight excluding hydrogens is 505 g/mol. The molecule has 1 aromatic carbocycles. The Morgan fingerprint density at radius 2 is 1.92 bits per heavy atom. The summed E-state index contributed by atoms with van der Waals surface area (Å²) in [6.45, 7) is 7.09. The molecule has 37 heavy (non-hydrogen) atoms. The summed E-state index contributed by atoms with van der Waals surface area (Å²) in [5.41, 5.74) is 2.43. The lowest BCUT2D eigenvalue weighted by molar-refractivity contribution is -0.144. The Morgan fingerprint density at radius 1 is 1.22 bits per heavy atom. The summed E-state index contributed by atoms with van der Waals surface area (Å²) >= 11 is 0.676. The Bertz CT molecular complexity index is 1020. The van der Waals surface area contributed by atoms with Gasteiger partial charge in [-0.05, 0) is 55.2 Å². The van der Waals surface area contributed by atoms with E-state index in [-0.39, 0.29) is 35.6 Å². The number of rotatable bonds is 11. The van der Waals surface area contributed by atoms with Gasteiger partial charge in [-0.3, -0.25) is 4.79 Å². The van der Waals surface area contributed by atoms with E-state index < -0.39 is 12.0 Å². The first-order valence-corrected chi connectivity index (χ1v) is 13.5. The molecular formula is C26H37F3N4O3S. The minimum atomic E-state index is -4.61. The number of ether oxygens (including phenoxy) is 2. The van der Waals surface area contributed by atoms with Gasteiger partial charge in [-0.1, -0.05) is 33.3 Å². The van der Waals surface area contributed by atoms with E-state index in [0.29, 0.717) is 23.1 Å². The average molecular weight is 543 g/mol. The molecule has 1 N–H and O–H groups in total. The van der Waals surface area contributed by atoms with Crippen LogP contribution in [0.1, 0.15) is 76.6 Å². The number of nitrogens with zero attached hydrogens (tertiary/aromatic N) is 3. The molecule has 206 valence electrons. The van der Waals surface area contributed by atoms with Crippen molar-refractivity contribution in [1.82, 2.24) is 9.36 Å². The lowest BCUT2D eigenvalue weighted by Gasteiger charge is -2.40. The van der Waals surface area contributed by atoms with Crippen LogP contribution in [0.3, 0.4) is 0 Å². The number of hydrogen-bond donors (Lipinski definition) is 1. The normalized spacial score (nSPS) is 19.8. The fourth-order valence-electron chi connectivity index (χ4n) is 4.67. The number of halogens is 3. The van der Waals surface area contributed by atoms with Gasteiger partial charge in [0.15, 0.2) is 0 Å². The molecule has 1 aliphatic rings. The molecule has 2 atom stereocenters. The van der Waals surface area contributed by atoms with Crippen molar-refractivity contribution < 1.29 is 27.4 Å². The van der Waals surface area contributed by atoms with Crippen molar-refractivity contribution in [2.24, 2.45) is 5.92 Å².